The van der Waals surface area contributed by atoms with Crippen LogP contribution in [-0.4, -0.2) is 17.6 Å². The van der Waals surface area contributed by atoms with Gasteiger partial charge >= 0.3 is 0 Å². The van der Waals surface area contributed by atoms with E-state index in [1.54, 1.807) is 24.3 Å². The Morgan fingerprint density at radius 1 is 1.10 bits per heavy atom. The molecule has 0 bridgehead atoms. The van der Waals surface area contributed by atoms with Crippen LogP contribution >= 0.6 is 28.1 Å². The van der Waals surface area contributed by atoms with Crippen molar-refractivity contribution in [2.45, 2.75) is 13.5 Å². The number of ether oxygens (including phenoxy) is 2. The molecular weight excluding hydrogens is 480 g/mol. The van der Waals surface area contributed by atoms with E-state index in [4.69, 9.17) is 26.1 Å². The summed E-state index contributed by atoms with van der Waals surface area (Å²) in [4.78, 5) is 14.4. The minimum absolute atomic E-state index is 0.276. The van der Waals surface area contributed by atoms with Crippen LogP contribution in [0.5, 0.6) is 11.5 Å². The third-order valence-corrected chi connectivity index (χ3v) is 5.26. The van der Waals surface area contributed by atoms with Crippen molar-refractivity contribution in [3.8, 4) is 11.5 Å². The topological polar surface area (TPSA) is 63.9 Å². The fourth-order valence-corrected chi connectivity index (χ4v) is 3.61. The molecule has 0 atom stereocenters. The van der Waals surface area contributed by atoms with Crippen molar-refractivity contribution in [1.82, 2.24) is 5.32 Å². The molecule has 1 N–H and O–H groups in total. The normalized spacial score (nSPS) is 14.8. The van der Waals surface area contributed by atoms with E-state index in [9.17, 15) is 4.79 Å². The molecule has 2 heterocycles. The number of amides is 1. The van der Waals surface area contributed by atoms with E-state index >= 15 is 0 Å². The minimum Gasteiger partial charge on any atom is -0.492 e. The highest BCUT2D eigenvalue weighted by Crippen LogP contribution is 2.31. The van der Waals surface area contributed by atoms with Crippen LogP contribution in [0.3, 0.4) is 0 Å². The Kier molecular flexibility index (Phi) is 6.39. The van der Waals surface area contributed by atoms with Crippen LogP contribution in [0, 0.1) is 0 Å². The highest BCUT2D eigenvalue weighted by atomic mass is 79.9. The number of nitrogens with zero attached hydrogens (tertiary/aromatic N) is 1. The number of rotatable bonds is 7. The summed E-state index contributed by atoms with van der Waals surface area (Å²) in [5, 5.41) is 3.25. The number of para-hydroxylation sites is 2. The summed E-state index contributed by atoms with van der Waals surface area (Å²) in [6.07, 6.45) is 1.63. The van der Waals surface area contributed by atoms with E-state index in [0.29, 0.717) is 35.3 Å². The number of nitrogens with one attached hydrogen (secondary N) is 1. The van der Waals surface area contributed by atoms with Gasteiger partial charge in [-0.2, -0.15) is 0 Å². The van der Waals surface area contributed by atoms with Crippen molar-refractivity contribution in [2.24, 2.45) is 0 Å². The summed E-state index contributed by atoms with van der Waals surface area (Å²) in [6.45, 7) is 2.65. The van der Waals surface area contributed by atoms with E-state index in [2.05, 4.69) is 21.2 Å². The summed E-state index contributed by atoms with van der Waals surface area (Å²) in [5.41, 5.74) is 0.921. The highest BCUT2D eigenvalue weighted by Gasteiger charge is 2.33. The van der Waals surface area contributed by atoms with Crippen LogP contribution in [0.25, 0.3) is 6.08 Å². The van der Waals surface area contributed by atoms with Gasteiger partial charge in [0.1, 0.15) is 35.3 Å². The van der Waals surface area contributed by atoms with Crippen LogP contribution in [0.1, 0.15) is 18.4 Å². The molecule has 0 radical (unpaired) electrons. The van der Waals surface area contributed by atoms with Gasteiger partial charge in [-0.3, -0.25) is 4.79 Å². The first-order chi connectivity index (χ1) is 15.0. The number of carbonyl (C=O) groups is 1. The maximum absolute atomic E-state index is 13.0. The first kappa shape index (κ1) is 21.1. The van der Waals surface area contributed by atoms with E-state index in [-0.39, 0.29) is 17.6 Å². The van der Waals surface area contributed by atoms with E-state index < -0.39 is 0 Å². The Morgan fingerprint density at radius 3 is 2.65 bits per heavy atom. The summed E-state index contributed by atoms with van der Waals surface area (Å²) in [5.74, 6) is 2.21. The molecule has 2 aromatic carbocycles. The molecule has 1 saturated heterocycles. The van der Waals surface area contributed by atoms with Crippen LogP contribution in [0.15, 0.2) is 75.3 Å². The average molecular weight is 499 g/mol. The zero-order chi connectivity index (χ0) is 21.8. The number of furan rings is 1. The fraction of sp³-hybridized carbons (Fsp3) is 0.130. The molecule has 6 nitrogen and oxygen atoms in total. The second kappa shape index (κ2) is 9.36. The minimum atomic E-state index is -0.277. The molecule has 3 aromatic rings. The van der Waals surface area contributed by atoms with Gasteiger partial charge in [-0.15, -0.1) is 0 Å². The van der Waals surface area contributed by atoms with Gasteiger partial charge in [-0.1, -0.05) is 28.1 Å². The molecule has 4 rings (SSSR count). The third-order valence-electron chi connectivity index (χ3n) is 4.45. The lowest BCUT2D eigenvalue weighted by Crippen LogP contribution is -2.30. The van der Waals surface area contributed by atoms with Crippen molar-refractivity contribution in [3.63, 3.8) is 0 Å². The highest BCUT2D eigenvalue weighted by molar-refractivity contribution is 9.10. The SMILES string of the molecule is CCOc1ccccc1N1C(=O)/C(=C\c2ccc(COc3ccc(Br)cc3)o2)NC1=S. The zero-order valence-corrected chi connectivity index (χ0v) is 19.0. The molecule has 1 aliphatic rings. The van der Waals surface area contributed by atoms with Crippen LogP contribution in [-0.2, 0) is 11.4 Å². The molecule has 0 saturated carbocycles. The molecule has 1 aromatic heterocycles. The standard InChI is InChI=1S/C23H19BrN2O4S/c1-2-28-21-6-4-3-5-20(21)26-22(27)19(25-23(26)31)13-17-11-12-18(30-17)14-29-16-9-7-15(24)8-10-16/h3-13H,2,14H2,1H3,(H,25,31)/b19-13+. The van der Waals surface area contributed by atoms with Crippen molar-refractivity contribution >= 4 is 50.9 Å². The maximum Gasteiger partial charge on any atom is 0.281 e. The molecule has 1 amide bonds. The van der Waals surface area contributed by atoms with Gasteiger partial charge in [0.25, 0.3) is 5.91 Å². The summed E-state index contributed by atoms with van der Waals surface area (Å²) in [7, 11) is 0. The molecule has 0 aliphatic carbocycles. The summed E-state index contributed by atoms with van der Waals surface area (Å²) < 4.78 is 18.1. The molecular formula is C23H19BrN2O4S. The predicted molar refractivity (Wildman–Crippen MR) is 126 cm³/mol. The number of carbonyl (C=O) groups excluding carboxylic acids is 1. The van der Waals surface area contributed by atoms with Crippen LogP contribution < -0.4 is 19.7 Å². The molecule has 158 valence electrons. The summed E-state index contributed by atoms with van der Waals surface area (Å²) in [6, 6.07) is 18.4. The number of halogens is 1. The Hall–Kier alpha value is -3.10. The van der Waals surface area contributed by atoms with Gasteiger partial charge in [0, 0.05) is 10.5 Å². The number of anilines is 1. The molecule has 0 spiro atoms. The quantitative estimate of drug-likeness (QED) is 0.353. The molecule has 0 unspecified atom stereocenters. The Labute approximate surface area is 193 Å². The van der Waals surface area contributed by atoms with E-state index in [1.807, 2.05) is 49.4 Å². The van der Waals surface area contributed by atoms with Gasteiger partial charge < -0.3 is 19.2 Å². The number of benzene rings is 2. The monoisotopic (exact) mass is 498 g/mol. The second-order valence-corrected chi connectivity index (χ2v) is 7.88. The Bertz CT molecular complexity index is 1140. The lowest BCUT2D eigenvalue weighted by Gasteiger charge is -2.17. The first-order valence-electron chi connectivity index (χ1n) is 9.61. The third kappa shape index (κ3) is 4.81. The number of hydrogen-bond acceptors (Lipinski definition) is 5. The van der Waals surface area contributed by atoms with E-state index in [0.717, 1.165) is 10.2 Å². The molecule has 8 heteroatoms. The van der Waals surface area contributed by atoms with Crippen LogP contribution in [0.4, 0.5) is 5.69 Å². The van der Waals surface area contributed by atoms with Gasteiger partial charge in [-0.25, -0.2) is 4.90 Å². The Morgan fingerprint density at radius 2 is 1.87 bits per heavy atom. The maximum atomic E-state index is 13.0. The van der Waals surface area contributed by atoms with Gasteiger partial charge in [0.2, 0.25) is 0 Å². The Balaban J connectivity index is 1.48. The molecule has 1 fully saturated rings. The molecule has 31 heavy (non-hydrogen) atoms. The van der Waals surface area contributed by atoms with Crippen molar-refractivity contribution in [3.05, 3.63) is 82.4 Å². The van der Waals surface area contributed by atoms with E-state index in [1.165, 1.54) is 4.90 Å². The van der Waals surface area contributed by atoms with Gasteiger partial charge in [0.15, 0.2) is 5.11 Å². The average Bonchev–Trinajstić information content (AvgIpc) is 3.32. The van der Waals surface area contributed by atoms with Crippen molar-refractivity contribution < 1.29 is 18.7 Å². The lowest BCUT2D eigenvalue weighted by atomic mass is 10.2. The van der Waals surface area contributed by atoms with Gasteiger partial charge in [-0.05, 0) is 67.7 Å². The summed E-state index contributed by atoms with van der Waals surface area (Å²) >= 11 is 8.78. The van der Waals surface area contributed by atoms with Gasteiger partial charge in [0.05, 0.1) is 12.3 Å². The number of hydrogen-bond donors (Lipinski definition) is 1. The number of thiocarbonyl (C=S) groups is 1. The van der Waals surface area contributed by atoms with Crippen molar-refractivity contribution in [1.29, 1.82) is 0 Å². The zero-order valence-electron chi connectivity index (χ0n) is 16.6. The lowest BCUT2D eigenvalue weighted by molar-refractivity contribution is -0.113. The predicted octanol–water partition coefficient (Wildman–Crippen LogP) is 5.28. The van der Waals surface area contributed by atoms with Crippen LogP contribution in [0.2, 0.25) is 0 Å². The largest absolute Gasteiger partial charge is 0.492 e. The first-order valence-corrected chi connectivity index (χ1v) is 10.8. The fourth-order valence-electron chi connectivity index (χ4n) is 3.05. The molecule has 1 aliphatic heterocycles. The smallest absolute Gasteiger partial charge is 0.281 e. The second-order valence-electron chi connectivity index (χ2n) is 6.58. The van der Waals surface area contributed by atoms with Crippen molar-refractivity contribution in [2.75, 3.05) is 11.5 Å².